The fraction of sp³-hybridized carbons (Fsp3) is 0.957. The van der Waals surface area contributed by atoms with Gasteiger partial charge in [-0.1, -0.05) is 27.7 Å². The van der Waals surface area contributed by atoms with Crippen molar-refractivity contribution >= 4 is 16.6 Å². The van der Waals surface area contributed by atoms with Gasteiger partial charge in [-0.05, 0) is 48.0 Å². The summed E-state index contributed by atoms with van der Waals surface area (Å²) in [7, 11) is -3.07. The highest BCUT2D eigenvalue weighted by atomic mass is 32.3. The molecule has 0 aliphatic rings. The SMILES string of the molecule is CC(=O)CC(C)(O)COCC(C)(C)CNS(O)(O)CC(C)(C)OCCC(C)(C)NC(C)C. The molecular weight excluding hydrogens is 432 g/mol. The second-order valence-corrected chi connectivity index (χ2v) is 13.6. The lowest BCUT2D eigenvalue weighted by Crippen LogP contribution is -2.45. The summed E-state index contributed by atoms with van der Waals surface area (Å²) in [5.41, 5.74) is -2.39. The van der Waals surface area contributed by atoms with E-state index in [0.29, 0.717) is 25.8 Å². The molecular formula is C23H50N2O6S. The Morgan fingerprint density at radius 3 is 2.09 bits per heavy atom. The van der Waals surface area contributed by atoms with E-state index in [1.54, 1.807) is 6.92 Å². The third kappa shape index (κ3) is 16.4. The molecule has 0 fully saturated rings. The van der Waals surface area contributed by atoms with Crippen LogP contribution >= 0.6 is 10.8 Å². The van der Waals surface area contributed by atoms with Crippen LogP contribution in [0.3, 0.4) is 0 Å². The Kier molecular flexibility index (Phi) is 12.3. The lowest BCUT2D eigenvalue weighted by atomic mass is 9.95. The van der Waals surface area contributed by atoms with Crippen LogP contribution in [0, 0.1) is 5.41 Å². The van der Waals surface area contributed by atoms with Crippen LogP contribution in [0.25, 0.3) is 0 Å². The van der Waals surface area contributed by atoms with Crippen molar-refractivity contribution in [3.05, 3.63) is 0 Å². The molecule has 0 heterocycles. The molecule has 0 saturated heterocycles. The second kappa shape index (κ2) is 12.4. The van der Waals surface area contributed by atoms with E-state index in [4.69, 9.17) is 9.47 Å². The van der Waals surface area contributed by atoms with Crippen LogP contribution in [0.4, 0.5) is 0 Å². The molecule has 0 rings (SSSR count). The Morgan fingerprint density at radius 2 is 1.59 bits per heavy atom. The zero-order valence-corrected chi connectivity index (χ0v) is 22.8. The van der Waals surface area contributed by atoms with Crippen molar-refractivity contribution in [2.75, 3.05) is 32.1 Å². The average Bonchev–Trinajstić information content (AvgIpc) is 2.48. The van der Waals surface area contributed by atoms with Crippen LogP contribution in [0.15, 0.2) is 0 Å². The minimum Gasteiger partial charge on any atom is -0.387 e. The third-order valence-electron chi connectivity index (χ3n) is 4.77. The summed E-state index contributed by atoms with van der Waals surface area (Å²) in [4.78, 5) is 11.2. The van der Waals surface area contributed by atoms with E-state index in [2.05, 4.69) is 37.7 Å². The highest BCUT2D eigenvalue weighted by Gasteiger charge is 2.31. The van der Waals surface area contributed by atoms with Crippen molar-refractivity contribution in [3.8, 4) is 0 Å². The van der Waals surface area contributed by atoms with E-state index in [1.165, 1.54) is 6.92 Å². The summed E-state index contributed by atoms with van der Waals surface area (Å²) < 4.78 is 35.6. The molecule has 8 nitrogen and oxygen atoms in total. The van der Waals surface area contributed by atoms with Crippen LogP contribution in [0.5, 0.6) is 0 Å². The van der Waals surface area contributed by atoms with Crippen LogP contribution in [0.1, 0.15) is 82.1 Å². The fourth-order valence-corrected chi connectivity index (χ4v) is 5.29. The van der Waals surface area contributed by atoms with Gasteiger partial charge in [0.15, 0.2) is 0 Å². The van der Waals surface area contributed by atoms with Crippen molar-refractivity contribution in [1.82, 2.24) is 10.0 Å². The van der Waals surface area contributed by atoms with Gasteiger partial charge < -0.3 is 19.9 Å². The maximum atomic E-state index is 11.2. The summed E-state index contributed by atoms with van der Waals surface area (Å²) in [6.07, 6.45) is 0.838. The first-order chi connectivity index (χ1) is 14.2. The molecule has 0 aromatic carbocycles. The topological polar surface area (TPSA) is 120 Å². The van der Waals surface area contributed by atoms with Crippen molar-refractivity contribution in [2.45, 2.75) is 105 Å². The molecule has 0 aliphatic heterocycles. The van der Waals surface area contributed by atoms with Crippen LogP contribution in [-0.4, -0.2) is 74.9 Å². The predicted molar refractivity (Wildman–Crippen MR) is 133 cm³/mol. The Labute approximate surface area is 197 Å². The molecule has 194 valence electrons. The van der Waals surface area contributed by atoms with Gasteiger partial charge in [0.05, 0.1) is 30.2 Å². The molecule has 0 saturated carbocycles. The molecule has 9 heteroatoms. The summed E-state index contributed by atoms with van der Waals surface area (Å²) in [6.45, 7) is 20.2. The van der Waals surface area contributed by atoms with Gasteiger partial charge in [0, 0.05) is 36.6 Å². The van der Waals surface area contributed by atoms with Crippen LogP contribution in [-0.2, 0) is 14.3 Å². The largest absolute Gasteiger partial charge is 0.387 e. The number of hydrogen-bond donors (Lipinski definition) is 5. The molecule has 32 heavy (non-hydrogen) atoms. The molecule has 0 aromatic rings. The minimum atomic E-state index is -3.07. The zero-order chi connectivity index (χ0) is 25.4. The number of aliphatic hydroxyl groups is 1. The summed E-state index contributed by atoms with van der Waals surface area (Å²) >= 11 is 0. The molecule has 1 unspecified atom stereocenters. The lowest BCUT2D eigenvalue weighted by Gasteiger charge is -2.42. The monoisotopic (exact) mass is 482 g/mol. The fourth-order valence-electron chi connectivity index (χ4n) is 3.51. The summed E-state index contributed by atoms with van der Waals surface area (Å²) in [5.74, 6) is -0.0273. The summed E-state index contributed by atoms with van der Waals surface area (Å²) in [5, 5.41) is 13.7. The molecule has 0 aromatic heterocycles. The van der Waals surface area contributed by atoms with Crippen molar-refractivity contribution < 1.29 is 28.5 Å². The summed E-state index contributed by atoms with van der Waals surface area (Å²) in [6, 6.07) is 0.377. The number of rotatable bonds is 17. The van der Waals surface area contributed by atoms with Gasteiger partial charge in [0.25, 0.3) is 0 Å². The first kappa shape index (κ1) is 31.7. The number of hydrogen-bond acceptors (Lipinski definition) is 8. The van der Waals surface area contributed by atoms with E-state index in [-0.39, 0.29) is 30.1 Å². The number of carbonyl (C=O) groups excluding carboxylic acids is 1. The number of ether oxygens (including phenoxy) is 2. The second-order valence-electron chi connectivity index (χ2n) is 11.7. The minimum absolute atomic E-state index is 0.0337. The van der Waals surface area contributed by atoms with E-state index >= 15 is 0 Å². The van der Waals surface area contributed by atoms with Crippen LogP contribution in [0.2, 0.25) is 0 Å². The molecule has 0 bridgehead atoms. The Bertz CT molecular complexity index is 577. The first-order valence-electron chi connectivity index (χ1n) is 11.4. The van der Waals surface area contributed by atoms with E-state index in [1.807, 2.05) is 27.7 Å². The third-order valence-corrected chi connectivity index (χ3v) is 6.47. The van der Waals surface area contributed by atoms with Gasteiger partial charge in [0.2, 0.25) is 0 Å². The van der Waals surface area contributed by atoms with E-state index in [9.17, 15) is 19.0 Å². The molecule has 5 N–H and O–H groups in total. The van der Waals surface area contributed by atoms with Gasteiger partial charge >= 0.3 is 0 Å². The van der Waals surface area contributed by atoms with Gasteiger partial charge in [0.1, 0.15) is 5.78 Å². The quantitative estimate of drug-likeness (QED) is 0.211. The number of ketones is 1. The molecule has 0 spiro atoms. The Hall–Kier alpha value is -0.260. The Balaban J connectivity index is 4.54. The van der Waals surface area contributed by atoms with Gasteiger partial charge in [-0.3, -0.25) is 13.9 Å². The molecule has 1 atom stereocenters. The van der Waals surface area contributed by atoms with Gasteiger partial charge in [-0.25, -0.2) is 4.72 Å². The van der Waals surface area contributed by atoms with Crippen LogP contribution < -0.4 is 10.0 Å². The normalized spacial score (nSPS) is 16.3. The smallest absolute Gasteiger partial charge is 0.132 e. The van der Waals surface area contributed by atoms with Crippen molar-refractivity contribution in [2.24, 2.45) is 5.41 Å². The highest BCUT2D eigenvalue weighted by Crippen LogP contribution is 2.39. The molecule has 0 radical (unpaired) electrons. The maximum Gasteiger partial charge on any atom is 0.132 e. The van der Waals surface area contributed by atoms with Gasteiger partial charge in [-0.2, -0.15) is 0 Å². The highest BCUT2D eigenvalue weighted by molar-refractivity contribution is 8.22. The number of nitrogens with one attached hydrogen (secondary N) is 2. The van der Waals surface area contributed by atoms with Crippen molar-refractivity contribution in [1.29, 1.82) is 0 Å². The number of Topliss-reactive ketones (excluding diaryl/α,β-unsaturated/α-hetero) is 1. The maximum absolute atomic E-state index is 11.2. The first-order valence-corrected chi connectivity index (χ1v) is 13.1. The van der Waals surface area contributed by atoms with Crippen molar-refractivity contribution in [3.63, 3.8) is 0 Å². The van der Waals surface area contributed by atoms with E-state index in [0.717, 1.165) is 6.42 Å². The van der Waals surface area contributed by atoms with E-state index < -0.39 is 27.4 Å². The number of carbonyl (C=O) groups is 1. The zero-order valence-electron chi connectivity index (χ0n) is 22.0. The average molecular weight is 483 g/mol. The predicted octanol–water partition coefficient (Wildman–Crippen LogP) is 3.98. The Morgan fingerprint density at radius 1 is 1.03 bits per heavy atom. The lowest BCUT2D eigenvalue weighted by molar-refractivity contribution is -0.124. The molecule has 0 amide bonds. The standard InChI is InChI=1S/C23H50N2O6S/c1-18(2)25-21(6,7)11-12-31-22(8,9)17-32(28,29)24-14-20(4,5)15-30-16-23(10,27)13-19(3)26/h18,24-25,27-29H,11-17H2,1-10H3. The molecule has 0 aliphatic carbocycles. The van der Waals surface area contributed by atoms with Gasteiger partial charge in [-0.15, -0.1) is 10.8 Å².